The van der Waals surface area contributed by atoms with Gasteiger partial charge in [-0.1, -0.05) is 35.9 Å². The minimum atomic E-state index is 0.00277. The highest BCUT2D eigenvalue weighted by Gasteiger charge is 2.03. The number of aromatic nitrogens is 1. The van der Waals surface area contributed by atoms with E-state index in [4.69, 9.17) is 0 Å². The first-order valence-electron chi connectivity index (χ1n) is 5.62. The SMILES string of the molecule is Cc1cccc(CCc2cccnc2P=O)c1. The van der Waals surface area contributed by atoms with E-state index in [1.165, 1.54) is 11.1 Å². The van der Waals surface area contributed by atoms with Gasteiger partial charge in [-0.15, -0.1) is 0 Å². The molecule has 0 radical (unpaired) electrons. The topological polar surface area (TPSA) is 30.0 Å². The standard InChI is InChI=1S/C14H14NOP/c1-11-4-2-5-12(10-11)7-8-13-6-3-9-15-14(13)17-16/h2-6,9-10H,7-8H2,1H3. The van der Waals surface area contributed by atoms with Crippen LogP contribution in [0.25, 0.3) is 0 Å². The summed E-state index contributed by atoms with van der Waals surface area (Å²) < 4.78 is 10.9. The van der Waals surface area contributed by atoms with Crippen LogP contribution in [0.5, 0.6) is 0 Å². The van der Waals surface area contributed by atoms with Crippen molar-refractivity contribution in [3.63, 3.8) is 0 Å². The Morgan fingerprint density at radius 3 is 2.82 bits per heavy atom. The molecule has 0 saturated carbocycles. The Balaban J connectivity index is 2.09. The largest absolute Gasteiger partial charge is 0.268 e. The molecule has 0 spiro atoms. The molecule has 86 valence electrons. The van der Waals surface area contributed by atoms with Crippen LogP contribution in [0.2, 0.25) is 0 Å². The molecule has 2 rings (SSSR count). The Labute approximate surface area is 103 Å². The van der Waals surface area contributed by atoms with Crippen LogP contribution in [0, 0.1) is 6.92 Å². The molecule has 0 saturated heterocycles. The summed E-state index contributed by atoms with van der Waals surface area (Å²) >= 11 is 0. The van der Waals surface area contributed by atoms with Crippen molar-refractivity contribution < 1.29 is 4.57 Å². The normalized spacial score (nSPS) is 10.6. The second-order valence-corrected chi connectivity index (χ2v) is 4.67. The highest BCUT2D eigenvalue weighted by atomic mass is 31.1. The molecule has 0 fully saturated rings. The molecule has 0 aliphatic heterocycles. The summed E-state index contributed by atoms with van der Waals surface area (Å²) in [5, 5.41) is 0. The van der Waals surface area contributed by atoms with E-state index in [1.54, 1.807) is 6.20 Å². The maximum Gasteiger partial charge on any atom is 0.212 e. The minimum Gasteiger partial charge on any atom is -0.268 e. The molecule has 3 heteroatoms. The van der Waals surface area contributed by atoms with Crippen molar-refractivity contribution in [1.29, 1.82) is 0 Å². The van der Waals surface area contributed by atoms with Gasteiger partial charge in [-0.05, 0) is 37.0 Å². The Hall–Kier alpha value is -1.53. The number of hydrogen-bond donors (Lipinski definition) is 0. The molecule has 2 aromatic rings. The molecule has 17 heavy (non-hydrogen) atoms. The summed E-state index contributed by atoms with van der Waals surface area (Å²) in [6.45, 7) is 2.09. The average molecular weight is 243 g/mol. The maximum atomic E-state index is 10.9. The summed E-state index contributed by atoms with van der Waals surface area (Å²) in [4.78, 5) is 4.10. The van der Waals surface area contributed by atoms with Gasteiger partial charge in [0, 0.05) is 6.20 Å². The van der Waals surface area contributed by atoms with Crippen molar-refractivity contribution in [2.45, 2.75) is 19.8 Å². The smallest absolute Gasteiger partial charge is 0.212 e. The number of pyridine rings is 1. The van der Waals surface area contributed by atoms with Crippen molar-refractivity contribution in [1.82, 2.24) is 4.98 Å². The van der Waals surface area contributed by atoms with E-state index < -0.39 is 0 Å². The maximum absolute atomic E-state index is 10.9. The van der Waals surface area contributed by atoms with Crippen LogP contribution in [0.1, 0.15) is 16.7 Å². The molecule has 2 nitrogen and oxygen atoms in total. The number of rotatable bonds is 4. The van der Waals surface area contributed by atoms with E-state index in [0.717, 1.165) is 18.4 Å². The lowest BCUT2D eigenvalue weighted by molar-refractivity contribution is 0.602. The van der Waals surface area contributed by atoms with Crippen LogP contribution >= 0.6 is 8.46 Å². The van der Waals surface area contributed by atoms with Crippen molar-refractivity contribution in [3.8, 4) is 0 Å². The van der Waals surface area contributed by atoms with Gasteiger partial charge in [-0.25, -0.2) is 4.98 Å². The van der Waals surface area contributed by atoms with E-state index in [2.05, 4.69) is 36.2 Å². The zero-order valence-electron chi connectivity index (χ0n) is 9.76. The van der Waals surface area contributed by atoms with Crippen molar-refractivity contribution in [2.24, 2.45) is 0 Å². The predicted octanol–water partition coefficient (Wildman–Crippen LogP) is 3.09. The predicted molar refractivity (Wildman–Crippen MR) is 70.1 cm³/mol. The molecule has 1 heterocycles. The minimum absolute atomic E-state index is 0.00277. The van der Waals surface area contributed by atoms with Gasteiger partial charge in [0.2, 0.25) is 8.46 Å². The molecule has 0 unspecified atom stereocenters. The van der Waals surface area contributed by atoms with Crippen molar-refractivity contribution >= 4 is 13.9 Å². The quantitative estimate of drug-likeness (QED) is 0.772. The van der Waals surface area contributed by atoms with Crippen LogP contribution in [0.4, 0.5) is 0 Å². The van der Waals surface area contributed by atoms with Gasteiger partial charge in [0.15, 0.2) is 0 Å². The lowest BCUT2D eigenvalue weighted by Crippen LogP contribution is -2.07. The summed E-state index contributed by atoms with van der Waals surface area (Å²) in [6, 6.07) is 12.3. The van der Waals surface area contributed by atoms with Crippen LogP contribution in [0.3, 0.4) is 0 Å². The summed E-state index contributed by atoms with van der Waals surface area (Å²) in [5.74, 6) is 0. The van der Waals surface area contributed by atoms with E-state index in [9.17, 15) is 4.57 Å². The molecule has 1 aromatic heterocycles. The van der Waals surface area contributed by atoms with E-state index >= 15 is 0 Å². The van der Waals surface area contributed by atoms with Gasteiger partial charge in [-0.2, -0.15) is 0 Å². The number of nitrogens with zero attached hydrogens (tertiary/aromatic N) is 1. The van der Waals surface area contributed by atoms with Crippen LogP contribution in [-0.4, -0.2) is 4.98 Å². The van der Waals surface area contributed by atoms with Gasteiger partial charge < -0.3 is 0 Å². The Morgan fingerprint density at radius 2 is 2.06 bits per heavy atom. The third-order valence-electron chi connectivity index (χ3n) is 2.72. The van der Waals surface area contributed by atoms with Crippen LogP contribution in [0.15, 0.2) is 42.6 Å². The molecule has 0 aliphatic rings. The molecule has 0 amide bonds. The monoisotopic (exact) mass is 243 g/mol. The lowest BCUT2D eigenvalue weighted by atomic mass is 10.0. The Bertz CT molecular complexity index is 525. The van der Waals surface area contributed by atoms with E-state index in [0.29, 0.717) is 5.44 Å². The van der Waals surface area contributed by atoms with Crippen molar-refractivity contribution in [3.05, 3.63) is 59.3 Å². The lowest BCUT2D eigenvalue weighted by Gasteiger charge is -2.04. The molecule has 0 atom stereocenters. The van der Waals surface area contributed by atoms with Gasteiger partial charge in [0.25, 0.3) is 0 Å². The van der Waals surface area contributed by atoms with Crippen LogP contribution in [-0.2, 0) is 17.4 Å². The molecule has 0 N–H and O–H groups in total. The zero-order valence-corrected chi connectivity index (χ0v) is 10.7. The first-order chi connectivity index (χ1) is 8.29. The second kappa shape index (κ2) is 5.70. The molecular formula is C14H14NOP. The van der Waals surface area contributed by atoms with Gasteiger partial charge in [-0.3, -0.25) is 4.57 Å². The fourth-order valence-electron chi connectivity index (χ4n) is 1.85. The summed E-state index contributed by atoms with van der Waals surface area (Å²) in [7, 11) is 0.00277. The number of hydrogen-bond acceptors (Lipinski definition) is 2. The third kappa shape index (κ3) is 3.21. The van der Waals surface area contributed by atoms with Gasteiger partial charge in [0.1, 0.15) is 5.44 Å². The third-order valence-corrected chi connectivity index (χ3v) is 3.30. The van der Waals surface area contributed by atoms with E-state index in [-0.39, 0.29) is 8.46 Å². The fraction of sp³-hybridized carbons (Fsp3) is 0.214. The van der Waals surface area contributed by atoms with Gasteiger partial charge in [0.05, 0.1) is 0 Å². The average Bonchev–Trinajstić information content (AvgIpc) is 2.37. The highest BCUT2D eigenvalue weighted by Crippen LogP contribution is 2.09. The molecule has 0 aliphatic carbocycles. The number of benzene rings is 1. The fourth-order valence-corrected chi connectivity index (χ4v) is 2.27. The molecule has 0 bridgehead atoms. The second-order valence-electron chi connectivity index (χ2n) is 4.07. The highest BCUT2D eigenvalue weighted by molar-refractivity contribution is 7.33. The van der Waals surface area contributed by atoms with E-state index in [1.807, 2.05) is 12.1 Å². The first-order valence-corrected chi connectivity index (χ1v) is 6.43. The summed E-state index contributed by atoms with van der Waals surface area (Å²) in [5.41, 5.74) is 4.30. The molecular weight excluding hydrogens is 229 g/mol. The van der Waals surface area contributed by atoms with Gasteiger partial charge >= 0.3 is 0 Å². The molecule has 1 aromatic carbocycles. The Kier molecular flexibility index (Phi) is 4.00. The first kappa shape index (κ1) is 11.9. The summed E-state index contributed by atoms with van der Waals surface area (Å²) in [6.07, 6.45) is 3.51. The Morgan fingerprint density at radius 1 is 1.18 bits per heavy atom. The number of aryl methyl sites for hydroxylation is 3. The zero-order chi connectivity index (χ0) is 12.1. The van der Waals surface area contributed by atoms with Crippen molar-refractivity contribution in [2.75, 3.05) is 0 Å². The van der Waals surface area contributed by atoms with Crippen LogP contribution < -0.4 is 5.44 Å².